The number of alkyl halides is 2. The molecular weight excluding hydrogens is 364 g/mol. The van der Waals surface area contributed by atoms with Crippen molar-refractivity contribution in [2.75, 3.05) is 12.4 Å². The quantitative estimate of drug-likeness (QED) is 0.674. The van der Waals surface area contributed by atoms with Gasteiger partial charge in [-0.05, 0) is 48.7 Å². The third-order valence-electron chi connectivity index (χ3n) is 4.00. The van der Waals surface area contributed by atoms with Crippen LogP contribution in [0.2, 0.25) is 5.02 Å². The minimum absolute atomic E-state index is 0.0797. The Bertz CT molecular complexity index is 797. The number of carbonyl (C=O) groups is 1. The molecule has 0 aromatic heterocycles. The van der Waals surface area contributed by atoms with Crippen molar-refractivity contribution >= 4 is 23.4 Å². The van der Waals surface area contributed by atoms with E-state index >= 15 is 0 Å². The maximum absolute atomic E-state index is 13.4. The van der Waals surface area contributed by atoms with E-state index in [4.69, 9.17) is 16.3 Å². The van der Waals surface area contributed by atoms with Gasteiger partial charge in [-0.1, -0.05) is 24.6 Å². The number of rotatable bonds is 6. The second-order valence-corrected chi connectivity index (χ2v) is 6.05. The van der Waals surface area contributed by atoms with E-state index in [1.807, 2.05) is 13.8 Å². The lowest BCUT2D eigenvalue weighted by molar-refractivity contribution is 0.144. The molecule has 1 amide bonds. The van der Waals surface area contributed by atoms with Crippen molar-refractivity contribution in [3.05, 3.63) is 57.6 Å². The van der Waals surface area contributed by atoms with Crippen molar-refractivity contribution < 1.29 is 23.0 Å². The molecule has 0 aliphatic rings. The molecule has 0 aliphatic heterocycles. The highest BCUT2D eigenvalue weighted by molar-refractivity contribution is 6.31. The fraction of sp³-hybridized carbons (Fsp3) is 0.316. The molecule has 26 heavy (non-hydrogen) atoms. The van der Waals surface area contributed by atoms with Gasteiger partial charge in [-0.15, -0.1) is 0 Å². The molecule has 140 valence electrons. The molecule has 0 saturated heterocycles. The lowest BCUT2D eigenvalue weighted by atomic mass is 10.0. The molecule has 0 fully saturated rings. The predicted molar refractivity (Wildman–Crippen MR) is 97.3 cm³/mol. The second kappa shape index (κ2) is 8.85. The van der Waals surface area contributed by atoms with Gasteiger partial charge in [-0.25, -0.2) is 13.6 Å². The molecular formula is C19H20ClF2NO3. The highest BCUT2D eigenvalue weighted by Crippen LogP contribution is 2.34. The summed E-state index contributed by atoms with van der Waals surface area (Å²) in [5.74, 6) is 0.0960. The summed E-state index contributed by atoms with van der Waals surface area (Å²) in [6.07, 6.45) is -2.66. The SMILES string of the molecule is CCc1cc(C(F)F)c(OCc2c(Cl)cccc2NC(=O)OC)cc1C. The van der Waals surface area contributed by atoms with Crippen LogP contribution < -0.4 is 10.1 Å². The van der Waals surface area contributed by atoms with Crippen LogP contribution in [0.15, 0.2) is 30.3 Å². The molecule has 0 spiro atoms. The van der Waals surface area contributed by atoms with Gasteiger partial charge in [0.1, 0.15) is 12.4 Å². The first-order valence-corrected chi connectivity index (χ1v) is 8.41. The Morgan fingerprint density at radius 3 is 2.65 bits per heavy atom. The van der Waals surface area contributed by atoms with E-state index in [-0.39, 0.29) is 17.9 Å². The Balaban J connectivity index is 2.32. The summed E-state index contributed by atoms with van der Waals surface area (Å²) in [7, 11) is 1.24. The van der Waals surface area contributed by atoms with E-state index in [1.165, 1.54) is 13.2 Å². The zero-order valence-corrected chi connectivity index (χ0v) is 15.5. The van der Waals surface area contributed by atoms with Crippen LogP contribution in [-0.2, 0) is 17.8 Å². The third kappa shape index (κ3) is 4.64. The number of halogens is 3. The molecule has 0 saturated carbocycles. The number of carbonyl (C=O) groups excluding carboxylic acids is 1. The topological polar surface area (TPSA) is 47.6 Å². The van der Waals surface area contributed by atoms with Gasteiger partial charge in [-0.3, -0.25) is 5.32 Å². The van der Waals surface area contributed by atoms with Crippen LogP contribution in [0.3, 0.4) is 0 Å². The van der Waals surface area contributed by atoms with Gasteiger partial charge >= 0.3 is 6.09 Å². The molecule has 0 radical (unpaired) electrons. The Morgan fingerprint density at radius 1 is 1.31 bits per heavy atom. The van der Waals surface area contributed by atoms with Gasteiger partial charge in [0.05, 0.1) is 18.4 Å². The van der Waals surface area contributed by atoms with Gasteiger partial charge in [-0.2, -0.15) is 0 Å². The summed E-state index contributed by atoms with van der Waals surface area (Å²) >= 11 is 6.18. The molecule has 4 nitrogen and oxygen atoms in total. The summed E-state index contributed by atoms with van der Waals surface area (Å²) in [6.45, 7) is 3.68. The van der Waals surface area contributed by atoms with Crippen molar-refractivity contribution in [2.45, 2.75) is 33.3 Å². The molecule has 2 aromatic carbocycles. The molecule has 1 N–H and O–H groups in total. The van der Waals surface area contributed by atoms with Crippen LogP contribution in [0.25, 0.3) is 0 Å². The minimum Gasteiger partial charge on any atom is -0.488 e. The van der Waals surface area contributed by atoms with Crippen molar-refractivity contribution in [1.29, 1.82) is 0 Å². The molecule has 0 unspecified atom stereocenters. The maximum Gasteiger partial charge on any atom is 0.411 e. The fourth-order valence-corrected chi connectivity index (χ4v) is 2.78. The van der Waals surface area contributed by atoms with E-state index in [0.29, 0.717) is 22.7 Å². The van der Waals surface area contributed by atoms with Gasteiger partial charge in [0.2, 0.25) is 0 Å². The van der Waals surface area contributed by atoms with Crippen molar-refractivity contribution in [1.82, 2.24) is 0 Å². The van der Waals surface area contributed by atoms with Crippen molar-refractivity contribution in [2.24, 2.45) is 0 Å². The van der Waals surface area contributed by atoms with Crippen LogP contribution in [0.4, 0.5) is 19.3 Å². The number of anilines is 1. The number of ether oxygens (including phenoxy) is 2. The average molecular weight is 384 g/mol. The zero-order chi connectivity index (χ0) is 19.3. The molecule has 0 atom stereocenters. The Morgan fingerprint density at radius 2 is 2.04 bits per heavy atom. The largest absolute Gasteiger partial charge is 0.488 e. The van der Waals surface area contributed by atoms with E-state index in [1.54, 1.807) is 24.3 Å². The van der Waals surface area contributed by atoms with Gasteiger partial charge in [0, 0.05) is 10.6 Å². The number of nitrogens with one attached hydrogen (secondary N) is 1. The smallest absolute Gasteiger partial charge is 0.411 e. The lowest BCUT2D eigenvalue weighted by Crippen LogP contribution is -2.13. The number of amides is 1. The summed E-state index contributed by atoms with van der Waals surface area (Å²) in [5, 5.41) is 2.88. The number of methoxy groups -OCH3 is 1. The lowest BCUT2D eigenvalue weighted by Gasteiger charge is -2.17. The molecule has 0 heterocycles. The number of benzene rings is 2. The first-order valence-electron chi connectivity index (χ1n) is 8.04. The van der Waals surface area contributed by atoms with Gasteiger partial charge in [0.25, 0.3) is 6.43 Å². The van der Waals surface area contributed by atoms with E-state index < -0.39 is 12.5 Å². The number of aryl methyl sites for hydroxylation is 2. The number of hydrogen-bond acceptors (Lipinski definition) is 3. The third-order valence-corrected chi connectivity index (χ3v) is 4.35. The van der Waals surface area contributed by atoms with Gasteiger partial charge in [0.15, 0.2) is 0 Å². The first kappa shape index (κ1) is 20.0. The van der Waals surface area contributed by atoms with Crippen LogP contribution >= 0.6 is 11.6 Å². The highest BCUT2D eigenvalue weighted by atomic mass is 35.5. The van der Waals surface area contributed by atoms with Crippen molar-refractivity contribution in [3.63, 3.8) is 0 Å². The Kier molecular flexibility index (Phi) is 6.80. The predicted octanol–water partition coefficient (Wildman–Crippen LogP) is 5.91. The van der Waals surface area contributed by atoms with E-state index in [2.05, 4.69) is 10.1 Å². The van der Waals surface area contributed by atoms with E-state index in [9.17, 15) is 13.6 Å². The Hall–Kier alpha value is -2.34. The number of hydrogen-bond donors (Lipinski definition) is 1. The molecule has 2 rings (SSSR count). The Labute approximate surface area is 156 Å². The van der Waals surface area contributed by atoms with E-state index in [0.717, 1.165) is 11.1 Å². The summed E-state index contributed by atoms with van der Waals surface area (Å²) in [4.78, 5) is 11.5. The van der Waals surface area contributed by atoms with Crippen LogP contribution in [-0.4, -0.2) is 13.2 Å². The zero-order valence-electron chi connectivity index (χ0n) is 14.7. The second-order valence-electron chi connectivity index (χ2n) is 5.64. The summed E-state index contributed by atoms with van der Waals surface area (Å²) in [5.41, 5.74) is 2.42. The van der Waals surface area contributed by atoms with Crippen LogP contribution in [0.5, 0.6) is 5.75 Å². The standard InChI is InChI=1S/C19H20ClF2NO3/c1-4-12-9-13(18(21)22)17(8-11(12)2)26-10-14-15(20)6-5-7-16(14)23-19(24)25-3/h5-9,18H,4,10H2,1-3H3,(H,23,24). The highest BCUT2D eigenvalue weighted by Gasteiger charge is 2.18. The van der Waals surface area contributed by atoms with Crippen LogP contribution in [0.1, 0.15) is 35.6 Å². The summed E-state index contributed by atoms with van der Waals surface area (Å²) < 4.78 is 37.0. The first-order chi connectivity index (χ1) is 12.4. The fourth-order valence-electron chi connectivity index (χ4n) is 2.56. The molecule has 7 heteroatoms. The molecule has 0 bridgehead atoms. The normalized spacial score (nSPS) is 10.7. The van der Waals surface area contributed by atoms with Gasteiger partial charge < -0.3 is 9.47 Å². The average Bonchev–Trinajstić information content (AvgIpc) is 2.60. The maximum atomic E-state index is 13.4. The summed E-state index contributed by atoms with van der Waals surface area (Å²) in [6, 6.07) is 7.98. The van der Waals surface area contributed by atoms with Crippen LogP contribution in [0, 0.1) is 6.92 Å². The molecule has 2 aromatic rings. The monoisotopic (exact) mass is 383 g/mol. The van der Waals surface area contributed by atoms with Crippen molar-refractivity contribution in [3.8, 4) is 5.75 Å². The minimum atomic E-state index is -2.66. The molecule has 0 aliphatic carbocycles.